The molecule has 1 aromatic rings. The third kappa shape index (κ3) is 4.08. The number of hydrazine groups is 1. The van der Waals surface area contributed by atoms with Crippen molar-refractivity contribution >= 4 is 23.3 Å². The Morgan fingerprint density at radius 1 is 1.47 bits per heavy atom. The lowest BCUT2D eigenvalue weighted by molar-refractivity contribution is 0.0920. The first-order chi connectivity index (χ1) is 8.77. The molecule has 5 nitrogen and oxygen atoms in total. The highest BCUT2D eigenvalue weighted by Crippen LogP contribution is 2.25. The number of aromatic nitrogens is 1. The summed E-state index contributed by atoms with van der Waals surface area (Å²) in [5.74, 6) is 5.82. The Kier molecular flexibility index (Phi) is 5.14. The minimum absolute atomic E-state index is 0.00582. The molecule has 1 aromatic heterocycles. The third-order valence-corrected chi connectivity index (χ3v) is 3.78. The van der Waals surface area contributed by atoms with Gasteiger partial charge in [-0.25, -0.2) is 10.8 Å². The number of halogens is 1. The molecular weight excluding hydrogens is 264 g/mol. The van der Waals surface area contributed by atoms with Gasteiger partial charge in [-0.3, -0.25) is 4.79 Å². The first-order valence-electron chi connectivity index (χ1n) is 6.19. The van der Waals surface area contributed by atoms with E-state index in [4.69, 9.17) is 17.4 Å². The molecule has 0 aromatic carbocycles. The fourth-order valence-electron chi connectivity index (χ4n) is 1.28. The van der Waals surface area contributed by atoms with E-state index in [0.717, 1.165) is 0 Å². The largest absolute Gasteiger partial charge is 0.350 e. The van der Waals surface area contributed by atoms with Crippen LogP contribution in [0.1, 0.15) is 38.2 Å². The van der Waals surface area contributed by atoms with Gasteiger partial charge < -0.3 is 10.7 Å². The van der Waals surface area contributed by atoms with E-state index in [2.05, 4.69) is 43.4 Å². The number of hydrogen-bond donors (Lipinski definition) is 3. The van der Waals surface area contributed by atoms with Crippen molar-refractivity contribution in [2.24, 2.45) is 17.2 Å². The number of nitrogens with one attached hydrogen (secondary N) is 2. The highest BCUT2D eigenvalue weighted by Gasteiger charge is 2.24. The number of nitrogen functional groups attached to an aromatic ring is 1. The molecule has 19 heavy (non-hydrogen) atoms. The first kappa shape index (κ1) is 15.7. The maximum absolute atomic E-state index is 12.1. The smallest absolute Gasteiger partial charge is 0.271 e. The monoisotopic (exact) mass is 284 g/mol. The van der Waals surface area contributed by atoms with E-state index in [1.54, 1.807) is 12.1 Å². The van der Waals surface area contributed by atoms with Crippen LogP contribution in [0.2, 0.25) is 5.02 Å². The quantitative estimate of drug-likeness (QED) is 0.573. The summed E-state index contributed by atoms with van der Waals surface area (Å²) in [5, 5.41) is 3.16. The van der Waals surface area contributed by atoms with Crippen molar-refractivity contribution in [1.82, 2.24) is 10.3 Å². The Hall–Kier alpha value is -1.33. The molecule has 1 heterocycles. The van der Waals surface area contributed by atoms with Crippen LogP contribution in [0.25, 0.3) is 0 Å². The van der Waals surface area contributed by atoms with Crippen LogP contribution in [0.5, 0.6) is 0 Å². The van der Waals surface area contributed by atoms with Crippen molar-refractivity contribution in [2.45, 2.75) is 27.7 Å². The summed E-state index contributed by atoms with van der Waals surface area (Å²) in [6.07, 6.45) is 0. The number of pyridine rings is 1. The molecule has 6 heteroatoms. The highest BCUT2D eigenvalue weighted by molar-refractivity contribution is 6.33. The maximum atomic E-state index is 12.1. The molecule has 0 spiro atoms. The van der Waals surface area contributed by atoms with Crippen molar-refractivity contribution in [3.8, 4) is 0 Å². The van der Waals surface area contributed by atoms with E-state index in [1.807, 2.05) is 0 Å². The minimum atomic E-state index is -0.296. The maximum Gasteiger partial charge on any atom is 0.271 e. The van der Waals surface area contributed by atoms with Gasteiger partial charge in [-0.15, -0.1) is 0 Å². The number of anilines is 1. The average Bonchev–Trinajstić information content (AvgIpc) is 2.36. The summed E-state index contributed by atoms with van der Waals surface area (Å²) in [7, 11) is 0. The molecule has 0 aliphatic carbocycles. The van der Waals surface area contributed by atoms with Gasteiger partial charge in [0.15, 0.2) is 0 Å². The van der Waals surface area contributed by atoms with Crippen molar-refractivity contribution in [3.63, 3.8) is 0 Å². The molecular formula is C13H21ClN4O. The summed E-state index contributed by atoms with van der Waals surface area (Å²) in [6, 6.07) is 3.20. The van der Waals surface area contributed by atoms with E-state index in [-0.39, 0.29) is 17.0 Å². The van der Waals surface area contributed by atoms with Gasteiger partial charge in [-0.05, 0) is 23.5 Å². The van der Waals surface area contributed by atoms with Crippen LogP contribution < -0.4 is 16.6 Å². The SMILES string of the molecule is CC(C)C(C)(C)CNC(=O)c1nc(NN)ccc1Cl. The zero-order valence-electron chi connectivity index (χ0n) is 11.7. The van der Waals surface area contributed by atoms with Crippen LogP contribution in [0.3, 0.4) is 0 Å². The fourth-order valence-corrected chi connectivity index (χ4v) is 1.47. The second-order valence-corrected chi connectivity index (χ2v) is 5.90. The Morgan fingerprint density at radius 3 is 2.63 bits per heavy atom. The van der Waals surface area contributed by atoms with Gasteiger partial charge in [0, 0.05) is 6.54 Å². The van der Waals surface area contributed by atoms with E-state index in [0.29, 0.717) is 23.3 Å². The molecule has 4 N–H and O–H groups in total. The number of nitrogens with two attached hydrogens (primary N) is 1. The number of amides is 1. The van der Waals surface area contributed by atoms with Gasteiger partial charge in [0.25, 0.3) is 5.91 Å². The van der Waals surface area contributed by atoms with Gasteiger partial charge in [0.05, 0.1) is 5.02 Å². The Morgan fingerprint density at radius 2 is 2.11 bits per heavy atom. The van der Waals surface area contributed by atoms with Gasteiger partial charge in [0.1, 0.15) is 11.5 Å². The van der Waals surface area contributed by atoms with Gasteiger partial charge in [-0.2, -0.15) is 0 Å². The zero-order chi connectivity index (χ0) is 14.6. The van der Waals surface area contributed by atoms with E-state index in [9.17, 15) is 4.79 Å². The second kappa shape index (κ2) is 6.21. The van der Waals surface area contributed by atoms with Crippen LogP contribution >= 0.6 is 11.6 Å². The fraction of sp³-hybridized carbons (Fsp3) is 0.538. The number of nitrogens with zero attached hydrogens (tertiary/aromatic N) is 1. The molecule has 0 saturated heterocycles. The molecule has 0 aliphatic rings. The topological polar surface area (TPSA) is 80.0 Å². The summed E-state index contributed by atoms with van der Waals surface area (Å²) < 4.78 is 0. The molecule has 0 bridgehead atoms. The van der Waals surface area contributed by atoms with E-state index < -0.39 is 0 Å². The summed E-state index contributed by atoms with van der Waals surface area (Å²) in [6.45, 7) is 9.00. The van der Waals surface area contributed by atoms with Crippen LogP contribution in [-0.4, -0.2) is 17.4 Å². The average molecular weight is 285 g/mol. The Labute approximate surface area is 118 Å². The standard InChI is InChI=1S/C13H21ClN4O/c1-8(2)13(3,4)7-16-12(19)11-9(14)5-6-10(17-11)18-15/h5-6,8H,7,15H2,1-4H3,(H,16,19)(H,17,18). The predicted octanol–water partition coefficient (Wildman–Crippen LogP) is 2.43. The molecule has 0 aliphatic heterocycles. The Balaban J connectivity index is 2.79. The molecule has 1 amide bonds. The number of hydrogen-bond acceptors (Lipinski definition) is 4. The number of carbonyl (C=O) groups is 1. The van der Waals surface area contributed by atoms with Gasteiger partial charge >= 0.3 is 0 Å². The summed E-state index contributed by atoms with van der Waals surface area (Å²) >= 11 is 5.97. The minimum Gasteiger partial charge on any atom is -0.350 e. The summed E-state index contributed by atoms with van der Waals surface area (Å²) in [4.78, 5) is 16.1. The van der Waals surface area contributed by atoms with Crippen LogP contribution in [0, 0.1) is 11.3 Å². The molecule has 0 unspecified atom stereocenters. The predicted molar refractivity (Wildman–Crippen MR) is 78.0 cm³/mol. The summed E-state index contributed by atoms with van der Waals surface area (Å²) in [5.41, 5.74) is 2.57. The lowest BCUT2D eigenvalue weighted by Gasteiger charge is -2.29. The van der Waals surface area contributed by atoms with Crippen molar-refractivity contribution < 1.29 is 4.79 Å². The van der Waals surface area contributed by atoms with E-state index in [1.165, 1.54) is 0 Å². The van der Waals surface area contributed by atoms with Gasteiger partial charge in [-0.1, -0.05) is 39.3 Å². The second-order valence-electron chi connectivity index (χ2n) is 5.50. The molecule has 0 saturated carbocycles. The van der Waals surface area contributed by atoms with Crippen molar-refractivity contribution in [2.75, 3.05) is 12.0 Å². The van der Waals surface area contributed by atoms with Crippen LogP contribution in [0.15, 0.2) is 12.1 Å². The molecule has 0 fully saturated rings. The first-order valence-corrected chi connectivity index (χ1v) is 6.57. The van der Waals surface area contributed by atoms with Crippen molar-refractivity contribution in [3.05, 3.63) is 22.8 Å². The highest BCUT2D eigenvalue weighted by atomic mass is 35.5. The van der Waals surface area contributed by atoms with Gasteiger partial charge in [0.2, 0.25) is 0 Å². The third-order valence-electron chi connectivity index (χ3n) is 3.48. The number of carbonyl (C=O) groups excluding carboxylic acids is 1. The van der Waals surface area contributed by atoms with Crippen LogP contribution in [-0.2, 0) is 0 Å². The molecule has 106 valence electrons. The molecule has 1 rings (SSSR count). The van der Waals surface area contributed by atoms with Crippen molar-refractivity contribution in [1.29, 1.82) is 0 Å². The normalized spacial score (nSPS) is 11.5. The number of rotatable bonds is 5. The zero-order valence-corrected chi connectivity index (χ0v) is 12.5. The molecule has 0 atom stereocenters. The van der Waals surface area contributed by atoms with E-state index >= 15 is 0 Å². The Bertz CT molecular complexity index is 460. The lowest BCUT2D eigenvalue weighted by Crippen LogP contribution is -2.37. The lowest BCUT2D eigenvalue weighted by atomic mass is 9.81. The molecule has 0 radical (unpaired) electrons. The van der Waals surface area contributed by atoms with Crippen LogP contribution in [0.4, 0.5) is 5.82 Å².